The Morgan fingerprint density at radius 3 is 2.68 bits per heavy atom. The number of benzene rings is 1. The number of nitrogens with one attached hydrogen (secondary N) is 1. The summed E-state index contributed by atoms with van der Waals surface area (Å²) in [6.45, 7) is 0. The molecule has 7 heteroatoms. The van der Waals surface area contributed by atoms with Gasteiger partial charge >= 0.3 is 0 Å². The van der Waals surface area contributed by atoms with Gasteiger partial charge in [-0.05, 0) is 24.3 Å². The third-order valence-electron chi connectivity index (χ3n) is 2.27. The fourth-order valence-electron chi connectivity index (χ4n) is 1.38. The highest BCUT2D eigenvalue weighted by Crippen LogP contribution is 2.23. The lowest BCUT2D eigenvalue weighted by molar-refractivity contribution is 0.102. The molecule has 19 heavy (non-hydrogen) atoms. The molecule has 1 aromatic heterocycles. The maximum absolute atomic E-state index is 13.3. The first-order valence-electron chi connectivity index (χ1n) is 5.05. The lowest BCUT2D eigenvalue weighted by Gasteiger charge is -2.08. The van der Waals surface area contributed by atoms with Crippen LogP contribution in [0.15, 0.2) is 30.5 Å². The standard InChI is InChI=1S/C12H6ClF3N2O/c13-8-2-1-6(14)5-9(8)18-12(19)7-3-4-17-11(16)10(7)15/h1-5H,(H,18,19). The van der Waals surface area contributed by atoms with E-state index in [-0.39, 0.29) is 10.7 Å². The van der Waals surface area contributed by atoms with E-state index in [1.165, 1.54) is 6.07 Å². The highest BCUT2D eigenvalue weighted by Gasteiger charge is 2.17. The van der Waals surface area contributed by atoms with Gasteiger partial charge in [-0.2, -0.15) is 4.39 Å². The number of carbonyl (C=O) groups excluding carboxylic acids is 1. The zero-order valence-corrected chi connectivity index (χ0v) is 10.0. The summed E-state index contributed by atoms with van der Waals surface area (Å²) in [5, 5.41) is 2.26. The second-order valence-electron chi connectivity index (χ2n) is 3.54. The van der Waals surface area contributed by atoms with E-state index in [4.69, 9.17) is 11.6 Å². The average Bonchev–Trinajstić information content (AvgIpc) is 2.37. The van der Waals surface area contributed by atoms with Crippen LogP contribution >= 0.6 is 11.6 Å². The molecule has 2 aromatic rings. The van der Waals surface area contributed by atoms with Gasteiger partial charge in [0.1, 0.15) is 5.82 Å². The first-order chi connectivity index (χ1) is 8.99. The van der Waals surface area contributed by atoms with Crippen molar-refractivity contribution in [2.45, 2.75) is 0 Å². The Labute approximate surface area is 111 Å². The maximum atomic E-state index is 13.3. The number of carbonyl (C=O) groups is 1. The van der Waals surface area contributed by atoms with E-state index in [1.807, 2.05) is 0 Å². The summed E-state index contributed by atoms with van der Waals surface area (Å²) >= 11 is 5.74. The van der Waals surface area contributed by atoms with Gasteiger partial charge in [-0.1, -0.05) is 11.6 Å². The summed E-state index contributed by atoms with van der Waals surface area (Å²) < 4.78 is 39.2. The molecule has 1 N–H and O–H groups in total. The zero-order chi connectivity index (χ0) is 14.0. The number of anilines is 1. The molecular formula is C12H6ClF3N2O. The average molecular weight is 287 g/mol. The molecule has 0 fully saturated rings. The number of nitrogens with zero attached hydrogens (tertiary/aromatic N) is 1. The number of amides is 1. The Hall–Kier alpha value is -2.08. The molecule has 0 saturated carbocycles. The molecule has 2 rings (SSSR count). The van der Waals surface area contributed by atoms with Crippen LogP contribution in [0.5, 0.6) is 0 Å². The lowest BCUT2D eigenvalue weighted by Crippen LogP contribution is -2.15. The molecule has 0 atom stereocenters. The van der Waals surface area contributed by atoms with Crippen molar-refractivity contribution in [2.24, 2.45) is 0 Å². The SMILES string of the molecule is O=C(Nc1cc(F)ccc1Cl)c1ccnc(F)c1F. The highest BCUT2D eigenvalue weighted by atomic mass is 35.5. The largest absolute Gasteiger partial charge is 0.320 e. The van der Waals surface area contributed by atoms with E-state index in [0.717, 1.165) is 24.4 Å². The van der Waals surface area contributed by atoms with Gasteiger partial charge in [-0.3, -0.25) is 4.79 Å². The topological polar surface area (TPSA) is 42.0 Å². The molecule has 0 saturated heterocycles. The van der Waals surface area contributed by atoms with Gasteiger partial charge in [0.2, 0.25) is 5.95 Å². The molecule has 0 aliphatic rings. The zero-order valence-electron chi connectivity index (χ0n) is 9.25. The Morgan fingerprint density at radius 2 is 1.95 bits per heavy atom. The summed E-state index contributed by atoms with van der Waals surface area (Å²) in [6, 6.07) is 4.30. The predicted molar refractivity (Wildman–Crippen MR) is 63.5 cm³/mol. The maximum Gasteiger partial charge on any atom is 0.258 e. The molecule has 0 bridgehead atoms. The monoisotopic (exact) mass is 286 g/mol. The Bertz CT molecular complexity index is 649. The van der Waals surface area contributed by atoms with Crippen LogP contribution in [0.3, 0.4) is 0 Å². The van der Waals surface area contributed by atoms with E-state index in [9.17, 15) is 18.0 Å². The third kappa shape index (κ3) is 2.85. The van der Waals surface area contributed by atoms with Crippen molar-refractivity contribution >= 4 is 23.2 Å². The number of hydrogen-bond acceptors (Lipinski definition) is 2. The summed E-state index contributed by atoms with van der Waals surface area (Å²) in [5.74, 6) is -4.35. The Balaban J connectivity index is 2.31. The van der Waals surface area contributed by atoms with Crippen LogP contribution in [0.25, 0.3) is 0 Å². The van der Waals surface area contributed by atoms with Crippen molar-refractivity contribution in [1.82, 2.24) is 4.98 Å². The van der Waals surface area contributed by atoms with Gasteiger partial charge in [-0.15, -0.1) is 0 Å². The Morgan fingerprint density at radius 1 is 1.21 bits per heavy atom. The predicted octanol–water partition coefficient (Wildman–Crippen LogP) is 3.40. The summed E-state index contributed by atoms with van der Waals surface area (Å²) in [5.41, 5.74) is -0.587. The number of aromatic nitrogens is 1. The number of hydrogen-bond donors (Lipinski definition) is 1. The fourth-order valence-corrected chi connectivity index (χ4v) is 1.54. The molecule has 0 unspecified atom stereocenters. The molecular weight excluding hydrogens is 281 g/mol. The minimum atomic E-state index is -1.39. The summed E-state index contributed by atoms with van der Waals surface area (Å²) in [6.07, 6.45) is 0.945. The van der Waals surface area contributed by atoms with Crippen LogP contribution in [-0.2, 0) is 0 Å². The van der Waals surface area contributed by atoms with Crippen molar-refractivity contribution < 1.29 is 18.0 Å². The van der Waals surface area contributed by atoms with E-state index in [1.54, 1.807) is 0 Å². The van der Waals surface area contributed by atoms with E-state index in [0.29, 0.717) is 0 Å². The summed E-state index contributed by atoms with van der Waals surface area (Å²) in [7, 11) is 0. The quantitative estimate of drug-likeness (QED) is 0.860. The van der Waals surface area contributed by atoms with Crippen LogP contribution in [0.4, 0.5) is 18.9 Å². The molecule has 98 valence electrons. The smallest absolute Gasteiger partial charge is 0.258 e. The minimum Gasteiger partial charge on any atom is -0.320 e. The molecule has 1 heterocycles. The molecule has 0 aliphatic heterocycles. The first kappa shape index (κ1) is 13.4. The van der Waals surface area contributed by atoms with Gasteiger partial charge in [0.05, 0.1) is 16.3 Å². The van der Waals surface area contributed by atoms with Crippen LogP contribution in [0.1, 0.15) is 10.4 Å². The molecule has 1 amide bonds. The van der Waals surface area contributed by atoms with Crippen LogP contribution in [-0.4, -0.2) is 10.9 Å². The van der Waals surface area contributed by atoms with E-state index >= 15 is 0 Å². The summed E-state index contributed by atoms with van der Waals surface area (Å²) in [4.78, 5) is 14.8. The Kier molecular flexibility index (Phi) is 3.71. The van der Waals surface area contributed by atoms with Crippen LogP contribution in [0, 0.1) is 17.6 Å². The van der Waals surface area contributed by atoms with Gasteiger partial charge in [0.15, 0.2) is 5.82 Å². The first-order valence-corrected chi connectivity index (χ1v) is 5.43. The number of halogens is 4. The number of pyridine rings is 1. The molecule has 0 radical (unpaired) electrons. The molecule has 0 spiro atoms. The number of rotatable bonds is 2. The van der Waals surface area contributed by atoms with Crippen molar-refractivity contribution in [3.63, 3.8) is 0 Å². The van der Waals surface area contributed by atoms with E-state index < -0.39 is 29.1 Å². The van der Waals surface area contributed by atoms with Crippen LogP contribution < -0.4 is 5.32 Å². The fraction of sp³-hybridized carbons (Fsp3) is 0. The van der Waals surface area contributed by atoms with Gasteiger partial charge < -0.3 is 5.32 Å². The molecule has 1 aromatic carbocycles. The highest BCUT2D eigenvalue weighted by molar-refractivity contribution is 6.33. The molecule has 0 aliphatic carbocycles. The normalized spacial score (nSPS) is 10.3. The van der Waals surface area contributed by atoms with Crippen molar-refractivity contribution in [2.75, 3.05) is 5.32 Å². The van der Waals surface area contributed by atoms with Gasteiger partial charge in [-0.25, -0.2) is 13.8 Å². The van der Waals surface area contributed by atoms with Crippen LogP contribution in [0.2, 0.25) is 5.02 Å². The van der Waals surface area contributed by atoms with Crippen molar-refractivity contribution in [1.29, 1.82) is 0 Å². The second-order valence-corrected chi connectivity index (χ2v) is 3.95. The van der Waals surface area contributed by atoms with Gasteiger partial charge in [0, 0.05) is 6.20 Å². The van der Waals surface area contributed by atoms with E-state index in [2.05, 4.69) is 10.3 Å². The second kappa shape index (κ2) is 5.27. The van der Waals surface area contributed by atoms with Gasteiger partial charge in [0.25, 0.3) is 5.91 Å². The third-order valence-corrected chi connectivity index (χ3v) is 2.60. The molecule has 3 nitrogen and oxygen atoms in total. The van der Waals surface area contributed by atoms with Crippen molar-refractivity contribution in [3.8, 4) is 0 Å². The minimum absolute atomic E-state index is 0.0386. The van der Waals surface area contributed by atoms with Crippen molar-refractivity contribution in [3.05, 3.63) is 58.6 Å². The lowest BCUT2D eigenvalue weighted by atomic mass is 10.2.